The molecule has 0 aliphatic rings. The number of hydrogen-bond acceptors (Lipinski definition) is 5. The number of hydrogen-bond donors (Lipinski definition) is 2. The first-order chi connectivity index (χ1) is 11.5. The van der Waals surface area contributed by atoms with Gasteiger partial charge in [-0.2, -0.15) is 0 Å². The molecule has 7 heteroatoms. The summed E-state index contributed by atoms with van der Waals surface area (Å²) in [4.78, 5) is 17.2. The van der Waals surface area contributed by atoms with Crippen LogP contribution in [0.15, 0.2) is 42.9 Å². The number of aromatic nitrogens is 3. The number of ether oxygens (including phenoxy) is 1. The van der Waals surface area contributed by atoms with E-state index in [4.69, 9.17) is 20.4 Å². The molecule has 1 aromatic carbocycles. The maximum atomic E-state index is 9.00. The molecule has 24 heavy (non-hydrogen) atoms. The van der Waals surface area contributed by atoms with Crippen molar-refractivity contribution in [1.29, 1.82) is 0 Å². The molecule has 0 saturated heterocycles. The van der Waals surface area contributed by atoms with E-state index in [1.807, 2.05) is 12.1 Å². The van der Waals surface area contributed by atoms with Crippen LogP contribution in [0.4, 0.5) is 0 Å². The van der Waals surface area contributed by atoms with Gasteiger partial charge in [-0.15, -0.1) is 0 Å². The summed E-state index contributed by atoms with van der Waals surface area (Å²) in [6.45, 7) is 4.50. The fourth-order valence-electron chi connectivity index (χ4n) is 2.22. The molecule has 0 atom stereocenters. The zero-order valence-corrected chi connectivity index (χ0v) is 13.6. The number of nitrogens with two attached hydrogens (primary N) is 1. The summed E-state index contributed by atoms with van der Waals surface area (Å²) >= 11 is 0. The zero-order valence-electron chi connectivity index (χ0n) is 13.6. The van der Waals surface area contributed by atoms with Crippen molar-refractivity contribution in [2.45, 2.75) is 26.9 Å². The maximum Gasteiger partial charge on any atom is 0.300 e. The average molecular weight is 328 g/mol. The fourth-order valence-corrected chi connectivity index (χ4v) is 2.22. The first-order valence-corrected chi connectivity index (χ1v) is 7.51. The van der Waals surface area contributed by atoms with Crippen LogP contribution in [-0.4, -0.2) is 25.6 Å². The van der Waals surface area contributed by atoms with Crippen LogP contribution >= 0.6 is 0 Å². The monoisotopic (exact) mass is 328 g/mol. The van der Waals surface area contributed by atoms with Crippen molar-refractivity contribution in [3.05, 3.63) is 48.5 Å². The van der Waals surface area contributed by atoms with E-state index in [1.165, 1.54) is 6.33 Å². The summed E-state index contributed by atoms with van der Waals surface area (Å²) in [6, 6.07) is 9.81. The Morgan fingerprint density at radius 2 is 2.08 bits per heavy atom. The van der Waals surface area contributed by atoms with Gasteiger partial charge in [0.05, 0.1) is 11.2 Å². The Balaban J connectivity index is 0.000000471. The Labute approximate surface area is 139 Å². The third-order valence-electron chi connectivity index (χ3n) is 3.24. The van der Waals surface area contributed by atoms with E-state index in [-0.39, 0.29) is 0 Å². The third kappa shape index (κ3) is 4.30. The molecule has 0 radical (unpaired) electrons. The van der Waals surface area contributed by atoms with Crippen molar-refractivity contribution in [2.24, 2.45) is 5.73 Å². The molecule has 0 saturated carbocycles. The molecular formula is C17H20N4O3. The van der Waals surface area contributed by atoms with Gasteiger partial charge < -0.3 is 20.1 Å². The van der Waals surface area contributed by atoms with Gasteiger partial charge in [0.1, 0.15) is 12.1 Å². The molecule has 7 nitrogen and oxygen atoms in total. The molecule has 3 N–H and O–H groups in total. The van der Waals surface area contributed by atoms with Crippen molar-refractivity contribution in [2.75, 3.05) is 0 Å². The van der Waals surface area contributed by atoms with Crippen molar-refractivity contribution in [1.82, 2.24) is 14.5 Å². The van der Waals surface area contributed by atoms with E-state index in [1.54, 1.807) is 6.07 Å². The van der Waals surface area contributed by atoms with Crippen molar-refractivity contribution in [3.63, 3.8) is 0 Å². The summed E-state index contributed by atoms with van der Waals surface area (Å²) in [6.07, 6.45) is 3.53. The van der Waals surface area contributed by atoms with Gasteiger partial charge in [0.25, 0.3) is 5.97 Å². The second-order valence-electron chi connectivity index (χ2n) is 4.96. The Bertz CT molecular complexity index is 826. The van der Waals surface area contributed by atoms with Crippen molar-refractivity contribution < 1.29 is 14.6 Å². The topological polar surface area (TPSA) is 103 Å². The molecule has 0 unspecified atom stereocenters. The summed E-state index contributed by atoms with van der Waals surface area (Å²) in [5.74, 6) is 0.466. The molecule has 0 bridgehead atoms. The van der Waals surface area contributed by atoms with Crippen LogP contribution in [0.1, 0.15) is 19.5 Å². The average Bonchev–Trinajstić information content (AvgIpc) is 2.99. The highest BCUT2D eigenvalue weighted by molar-refractivity contribution is 5.86. The lowest BCUT2D eigenvalue weighted by atomic mass is 10.2. The van der Waals surface area contributed by atoms with Crippen LogP contribution < -0.4 is 10.5 Å². The number of carboxylic acid groups (broad SMARTS) is 1. The minimum absolute atomic E-state index is 0.370. The minimum atomic E-state index is -0.833. The number of rotatable bonds is 4. The van der Waals surface area contributed by atoms with E-state index >= 15 is 0 Å². The molecule has 0 aliphatic heterocycles. The van der Waals surface area contributed by atoms with Crippen molar-refractivity contribution >= 4 is 16.9 Å². The fraction of sp³-hybridized carbons (Fsp3) is 0.235. The molecule has 0 fully saturated rings. The molecule has 2 heterocycles. The number of aliphatic carboxylic acids is 1. The lowest BCUT2D eigenvalue weighted by Gasteiger charge is -2.07. The van der Waals surface area contributed by atoms with E-state index in [0.29, 0.717) is 12.4 Å². The number of carboxylic acids is 1. The third-order valence-corrected chi connectivity index (χ3v) is 3.24. The Kier molecular flexibility index (Phi) is 5.86. The second-order valence-corrected chi connectivity index (χ2v) is 4.96. The number of aryl methyl sites for hydroxylation is 1. The normalized spacial score (nSPS) is 10.1. The second kappa shape index (κ2) is 8.07. The van der Waals surface area contributed by atoms with Gasteiger partial charge in [-0.3, -0.25) is 4.79 Å². The quantitative estimate of drug-likeness (QED) is 0.763. The van der Waals surface area contributed by atoms with Crippen LogP contribution in [0, 0.1) is 0 Å². The van der Waals surface area contributed by atoms with Gasteiger partial charge in [-0.05, 0) is 25.1 Å². The zero-order chi connectivity index (χ0) is 17.5. The van der Waals surface area contributed by atoms with E-state index < -0.39 is 5.97 Å². The highest BCUT2D eigenvalue weighted by Gasteiger charge is 2.07. The van der Waals surface area contributed by atoms with Gasteiger partial charge in [0, 0.05) is 37.7 Å². The summed E-state index contributed by atoms with van der Waals surface area (Å²) < 4.78 is 8.05. The standard InChI is InChI=1S/C15H16N4O.C2H4O2/c1-2-19-7-6-12-13(19)4-3-5-14(12)20-15-8-11(9-16)17-10-18-15;1-2(3)4/h3-8,10H,2,9,16H2,1H3;1H3,(H,3,4). The van der Waals surface area contributed by atoms with Crippen LogP contribution in [0.3, 0.4) is 0 Å². The van der Waals surface area contributed by atoms with Gasteiger partial charge in [0.2, 0.25) is 5.88 Å². The van der Waals surface area contributed by atoms with Crippen LogP contribution in [0.25, 0.3) is 10.9 Å². The Morgan fingerprint density at radius 3 is 2.75 bits per heavy atom. The highest BCUT2D eigenvalue weighted by Crippen LogP contribution is 2.29. The van der Waals surface area contributed by atoms with Gasteiger partial charge in [-0.25, -0.2) is 9.97 Å². The SMILES string of the molecule is CC(=O)O.CCn1ccc2c(Oc3cc(CN)ncn3)cccc21. The van der Waals surface area contributed by atoms with Crippen LogP contribution in [0.5, 0.6) is 11.6 Å². The molecular weight excluding hydrogens is 308 g/mol. The number of fused-ring (bicyclic) bond motifs is 1. The lowest BCUT2D eigenvalue weighted by Crippen LogP contribution is -2.00. The van der Waals surface area contributed by atoms with E-state index in [2.05, 4.69) is 39.8 Å². The summed E-state index contributed by atoms with van der Waals surface area (Å²) in [7, 11) is 0. The molecule has 0 spiro atoms. The predicted molar refractivity (Wildman–Crippen MR) is 90.9 cm³/mol. The molecule has 2 aromatic heterocycles. The minimum Gasteiger partial charge on any atom is -0.481 e. The summed E-state index contributed by atoms with van der Waals surface area (Å²) in [5, 5.41) is 8.49. The van der Waals surface area contributed by atoms with Crippen LogP contribution in [-0.2, 0) is 17.9 Å². The van der Waals surface area contributed by atoms with E-state index in [9.17, 15) is 0 Å². The lowest BCUT2D eigenvalue weighted by molar-refractivity contribution is -0.134. The first-order valence-electron chi connectivity index (χ1n) is 7.51. The number of nitrogens with zero attached hydrogens (tertiary/aromatic N) is 3. The summed E-state index contributed by atoms with van der Waals surface area (Å²) in [5.41, 5.74) is 7.48. The van der Waals surface area contributed by atoms with Gasteiger partial charge in [-0.1, -0.05) is 6.07 Å². The molecule has 3 rings (SSSR count). The predicted octanol–water partition coefficient (Wildman–Crippen LogP) is 2.79. The highest BCUT2D eigenvalue weighted by atomic mass is 16.5. The molecule has 0 amide bonds. The van der Waals surface area contributed by atoms with E-state index in [0.717, 1.165) is 35.8 Å². The Hall–Kier alpha value is -2.93. The number of carbonyl (C=O) groups is 1. The molecule has 0 aliphatic carbocycles. The van der Waals surface area contributed by atoms with Crippen molar-refractivity contribution in [3.8, 4) is 11.6 Å². The largest absolute Gasteiger partial charge is 0.481 e. The maximum absolute atomic E-state index is 9.00. The molecule has 3 aromatic rings. The molecule has 126 valence electrons. The number of benzene rings is 1. The smallest absolute Gasteiger partial charge is 0.300 e. The van der Waals surface area contributed by atoms with Gasteiger partial charge >= 0.3 is 0 Å². The first kappa shape index (κ1) is 17.4. The van der Waals surface area contributed by atoms with Crippen LogP contribution in [0.2, 0.25) is 0 Å². The Morgan fingerprint density at radius 1 is 1.33 bits per heavy atom. The van der Waals surface area contributed by atoms with Gasteiger partial charge in [0.15, 0.2) is 0 Å².